The van der Waals surface area contributed by atoms with E-state index < -0.39 is 11.9 Å². The molecule has 0 radical (unpaired) electrons. The Kier molecular flexibility index (Phi) is 6.67. The molecule has 2 fully saturated rings. The van der Waals surface area contributed by atoms with Crippen molar-refractivity contribution in [2.45, 2.75) is 44.6 Å². The van der Waals surface area contributed by atoms with Crippen LogP contribution in [0.1, 0.15) is 59.2 Å². The molecular weight excluding hydrogens is 360 g/mol. The molecule has 7 heteroatoms. The summed E-state index contributed by atoms with van der Waals surface area (Å²) in [7, 11) is 2.57. The van der Waals surface area contributed by atoms with E-state index in [0.717, 1.165) is 18.9 Å². The lowest BCUT2D eigenvalue weighted by Gasteiger charge is -2.40. The maximum atomic E-state index is 12.8. The van der Waals surface area contributed by atoms with Gasteiger partial charge in [-0.25, -0.2) is 9.59 Å². The second-order valence-electron chi connectivity index (χ2n) is 7.67. The van der Waals surface area contributed by atoms with E-state index in [1.54, 1.807) is 0 Å². The molecule has 1 saturated heterocycles. The number of quaternary nitrogens is 1. The number of ether oxygens (including phenoxy) is 2. The molecule has 152 valence electrons. The number of rotatable bonds is 5. The van der Waals surface area contributed by atoms with Gasteiger partial charge in [-0.15, -0.1) is 0 Å². The molecule has 3 rings (SSSR count). The summed E-state index contributed by atoms with van der Waals surface area (Å²) in [5.74, 6) is -0.532. The van der Waals surface area contributed by atoms with E-state index in [2.05, 4.69) is 5.32 Å². The van der Waals surface area contributed by atoms with Gasteiger partial charge < -0.3 is 19.7 Å². The van der Waals surface area contributed by atoms with Crippen molar-refractivity contribution in [3.63, 3.8) is 0 Å². The third-order valence-corrected chi connectivity index (χ3v) is 6.01. The van der Waals surface area contributed by atoms with Gasteiger partial charge in [-0.3, -0.25) is 4.79 Å². The second kappa shape index (κ2) is 9.19. The standard InChI is InChI=1S/C21H28N2O5/c1-27-20(25)15-9-10-16(21(26)28-2)17(12-15)22-19(24)13-23-11-5-7-14-6-3-4-8-18(14)23/h9-10,12,14,18H,3-8,11,13H2,1-2H3,(H,22,24)/p+1/t14-,18+/m1/s1. The quantitative estimate of drug-likeness (QED) is 0.744. The number of fused-ring (bicyclic) bond motifs is 1. The fourth-order valence-corrected chi connectivity index (χ4v) is 4.67. The normalized spacial score (nSPS) is 24.0. The molecule has 2 N–H and O–H groups in total. The van der Waals surface area contributed by atoms with Gasteiger partial charge in [0.25, 0.3) is 5.91 Å². The zero-order valence-electron chi connectivity index (χ0n) is 16.6. The molecule has 2 aliphatic rings. The Morgan fingerprint density at radius 3 is 2.50 bits per heavy atom. The van der Waals surface area contributed by atoms with Gasteiger partial charge in [0.15, 0.2) is 6.54 Å². The Morgan fingerprint density at radius 2 is 1.75 bits per heavy atom. The fourth-order valence-electron chi connectivity index (χ4n) is 4.67. The summed E-state index contributed by atoms with van der Waals surface area (Å²) >= 11 is 0. The van der Waals surface area contributed by atoms with Gasteiger partial charge in [0.05, 0.1) is 43.6 Å². The average molecular weight is 389 g/mol. The number of hydrogen-bond acceptors (Lipinski definition) is 5. The summed E-state index contributed by atoms with van der Waals surface area (Å²) < 4.78 is 9.53. The van der Waals surface area contributed by atoms with Crippen molar-refractivity contribution in [2.24, 2.45) is 5.92 Å². The molecule has 1 aromatic rings. The minimum absolute atomic E-state index is 0.159. The minimum atomic E-state index is -0.565. The van der Waals surface area contributed by atoms with Crippen LogP contribution in [0.4, 0.5) is 5.69 Å². The SMILES string of the molecule is COC(=O)c1ccc(C(=O)OC)c(NC(=O)C[NH+]2CCC[C@H]3CCCC[C@@H]32)c1. The van der Waals surface area contributed by atoms with Crippen LogP contribution in [-0.2, 0) is 14.3 Å². The maximum absolute atomic E-state index is 12.8. The zero-order chi connectivity index (χ0) is 20.1. The fraction of sp³-hybridized carbons (Fsp3) is 0.571. The van der Waals surface area contributed by atoms with Crippen LogP contribution < -0.4 is 10.2 Å². The Balaban J connectivity index is 1.74. The van der Waals surface area contributed by atoms with E-state index >= 15 is 0 Å². The van der Waals surface area contributed by atoms with Crippen LogP contribution in [0.2, 0.25) is 0 Å². The van der Waals surface area contributed by atoms with E-state index in [-0.39, 0.29) is 22.7 Å². The summed E-state index contributed by atoms with van der Waals surface area (Å²) in [6.07, 6.45) is 7.39. The van der Waals surface area contributed by atoms with Crippen molar-refractivity contribution in [3.05, 3.63) is 29.3 Å². The number of esters is 2. The van der Waals surface area contributed by atoms with Crippen molar-refractivity contribution in [2.75, 3.05) is 32.6 Å². The van der Waals surface area contributed by atoms with Crippen LogP contribution in [0.15, 0.2) is 18.2 Å². The molecule has 0 spiro atoms. The predicted octanol–water partition coefficient (Wildman–Crippen LogP) is 1.44. The van der Waals surface area contributed by atoms with Crippen molar-refractivity contribution in [3.8, 4) is 0 Å². The highest BCUT2D eigenvalue weighted by atomic mass is 16.5. The molecule has 1 aliphatic heterocycles. The summed E-state index contributed by atoms with van der Waals surface area (Å²) in [4.78, 5) is 38.0. The third kappa shape index (κ3) is 4.52. The molecule has 1 aliphatic carbocycles. The number of hydrogen-bond donors (Lipinski definition) is 2. The smallest absolute Gasteiger partial charge is 0.339 e. The van der Waals surface area contributed by atoms with Crippen molar-refractivity contribution < 1.29 is 28.8 Å². The monoisotopic (exact) mass is 389 g/mol. The van der Waals surface area contributed by atoms with Crippen LogP contribution in [0, 0.1) is 5.92 Å². The highest BCUT2D eigenvalue weighted by Gasteiger charge is 2.37. The molecular formula is C21H29N2O5+. The largest absolute Gasteiger partial charge is 0.465 e. The highest BCUT2D eigenvalue weighted by molar-refractivity contribution is 6.03. The Hall–Kier alpha value is -2.41. The van der Waals surface area contributed by atoms with Crippen molar-refractivity contribution in [1.82, 2.24) is 0 Å². The lowest BCUT2D eigenvalue weighted by atomic mass is 9.78. The van der Waals surface area contributed by atoms with Crippen LogP contribution in [-0.4, -0.2) is 51.2 Å². The van der Waals surface area contributed by atoms with Crippen molar-refractivity contribution >= 4 is 23.5 Å². The van der Waals surface area contributed by atoms with Gasteiger partial charge in [-0.05, 0) is 50.3 Å². The first kappa shape index (κ1) is 20.3. The third-order valence-electron chi connectivity index (χ3n) is 6.01. The predicted molar refractivity (Wildman–Crippen MR) is 103 cm³/mol. The number of nitrogens with one attached hydrogen (secondary N) is 2. The summed E-state index contributed by atoms with van der Waals surface area (Å²) in [6, 6.07) is 4.97. The number of anilines is 1. The second-order valence-corrected chi connectivity index (χ2v) is 7.67. The number of amides is 1. The van der Waals surface area contributed by atoms with Crippen LogP contribution >= 0.6 is 0 Å². The number of methoxy groups -OCH3 is 2. The molecule has 0 bridgehead atoms. The topological polar surface area (TPSA) is 86.1 Å². The van der Waals surface area contributed by atoms with Gasteiger partial charge in [-0.2, -0.15) is 0 Å². The Labute approximate surface area is 165 Å². The first-order chi connectivity index (χ1) is 13.5. The van der Waals surface area contributed by atoms with Gasteiger partial charge in [0.1, 0.15) is 0 Å². The molecule has 0 aromatic heterocycles. The van der Waals surface area contributed by atoms with Crippen LogP contribution in [0.3, 0.4) is 0 Å². The zero-order valence-corrected chi connectivity index (χ0v) is 16.6. The number of carbonyl (C=O) groups excluding carboxylic acids is 3. The summed E-state index contributed by atoms with van der Waals surface area (Å²) in [6.45, 7) is 1.37. The van der Waals surface area contributed by atoms with E-state index in [9.17, 15) is 14.4 Å². The van der Waals surface area contributed by atoms with Gasteiger partial charge in [0.2, 0.25) is 0 Å². The van der Waals surface area contributed by atoms with Gasteiger partial charge in [0, 0.05) is 5.92 Å². The summed E-state index contributed by atoms with van der Waals surface area (Å²) in [5, 5.41) is 2.82. The summed E-state index contributed by atoms with van der Waals surface area (Å²) in [5.41, 5.74) is 0.757. The molecule has 1 unspecified atom stereocenters. The molecule has 7 nitrogen and oxygen atoms in total. The molecule has 28 heavy (non-hydrogen) atoms. The van der Waals surface area contributed by atoms with E-state index in [1.807, 2.05) is 0 Å². The van der Waals surface area contributed by atoms with Gasteiger partial charge in [-0.1, -0.05) is 6.42 Å². The molecule has 1 saturated carbocycles. The van der Waals surface area contributed by atoms with Crippen LogP contribution in [0.5, 0.6) is 0 Å². The number of carbonyl (C=O) groups is 3. The Bertz CT molecular complexity index is 746. The number of likely N-dealkylation sites (tertiary alicyclic amines) is 1. The lowest BCUT2D eigenvalue weighted by molar-refractivity contribution is -0.928. The van der Waals surface area contributed by atoms with Crippen molar-refractivity contribution in [1.29, 1.82) is 0 Å². The van der Waals surface area contributed by atoms with E-state index in [4.69, 9.17) is 9.47 Å². The Morgan fingerprint density at radius 1 is 1.04 bits per heavy atom. The molecule has 1 heterocycles. The highest BCUT2D eigenvalue weighted by Crippen LogP contribution is 2.28. The lowest BCUT2D eigenvalue weighted by Crippen LogP contribution is -3.18. The first-order valence-corrected chi connectivity index (χ1v) is 9.98. The maximum Gasteiger partial charge on any atom is 0.339 e. The number of piperidine rings is 1. The van der Waals surface area contributed by atoms with E-state index in [0.29, 0.717) is 12.6 Å². The average Bonchev–Trinajstić information content (AvgIpc) is 2.72. The molecule has 1 amide bonds. The van der Waals surface area contributed by atoms with Gasteiger partial charge >= 0.3 is 11.9 Å². The van der Waals surface area contributed by atoms with E-state index in [1.165, 1.54) is 69.4 Å². The first-order valence-electron chi connectivity index (χ1n) is 9.98. The molecule has 1 aromatic carbocycles. The van der Waals surface area contributed by atoms with Crippen LogP contribution in [0.25, 0.3) is 0 Å². The number of benzene rings is 1. The minimum Gasteiger partial charge on any atom is -0.465 e. The molecule has 3 atom stereocenters.